The maximum absolute atomic E-state index is 14.6. The molecule has 2 aromatic heterocycles. The number of hydrogen-bond donors (Lipinski definition) is 1. The molecule has 2 atom stereocenters. The smallest absolute Gasteiger partial charge is 0.421 e. The molecule has 290 valence electrons. The maximum Gasteiger partial charge on any atom is 0.421 e. The van der Waals surface area contributed by atoms with E-state index < -0.39 is 36.1 Å². The van der Waals surface area contributed by atoms with Crippen LogP contribution in [0.2, 0.25) is 0 Å². The highest BCUT2D eigenvalue weighted by Gasteiger charge is 2.46. The van der Waals surface area contributed by atoms with E-state index in [4.69, 9.17) is 14.1 Å². The summed E-state index contributed by atoms with van der Waals surface area (Å²) < 4.78 is 69.5. The van der Waals surface area contributed by atoms with Gasteiger partial charge in [-0.1, -0.05) is 97.1 Å². The van der Waals surface area contributed by atoms with E-state index in [9.17, 15) is 22.4 Å². The van der Waals surface area contributed by atoms with Crippen LogP contribution in [-0.2, 0) is 12.0 Å². The van der Waals surface area contributed by atoms with E-state index in [1.807, 2.05) is 97.1 Å². The molecule has 1 fully saturated rings. The van der Waals surface area contributed by atoms with E-state index in [0.717, 1.165) is 29.8 Å². The molecular weight excluding hydrogens is 723 g/mol. The van der Waals surface area contributed by atoms with Crippen molar-refractivity contribution in [2.24, 2.45) is 0 Å². The molecule has 2 aliphatic heterocycles. The highest BCUT2D eigenvalue weighted by molar-refractivity contribution is 5.81. The van der Waals surface area contributed by atoms with Crippen LogP contribution in [0.1, 0.15) is 52.9 Å². The SMILES string of the molecule is COc1cc(NC2CN(CCCF)C2)cnc1[C@@H]1c2ccc3c(oc(=O)n3C(c3ccccc3)(c3ccccc3)c3ccccc3)c2C[C@@H](C)N1CC(F)(F)F. The molecule has 1 N–H and O–H groups in total. The average molecular weight is 766 g/mol. The number of nitrogens with one attached hydrogen (secondary N) is 1. The largest absolute Gasteiger partial charge is 0.495 e. The number of rotatable bonds is 12. The quantitative estimate of drug-likeness (QED) is 0.0996. The fraction of sp³-hybridized carbons (Fsp3) is 0.318. The number of ether oxygens (including phenoxy) is 1. The number of nitrogens with zero attached hydrogens (tertiary/aromatic N) is 4. The first-order valence-corrected chi connectivity index (χ1v) is 18.9. The topological polar surface area (TPSA) is 75.8 Å². The summed E-state index contributed by atoms with van der Waals surface area (Å²) in [6.45, 7) is 2.40. The van der Waals surface area contributed by atoms with Gasteiger partial charge >= 0.3 is 11.9 Å². The summed E-state index contributed by atoms with van der Waals surface area (Å²) in [4.78, 5) is 22.9. The summed E-state index contributed by atoms with van der Waals surface area (Å²) in [5.41, 5.74) is 4.36. The molecule has 2 aliphatic rings. The van der Waals surface area contributed by atoms with Gasteiger partial charge in [-0.05, 0) is 48.1 Å². The van der Waals surface area contributed by atoms with Crippen LogP contribution < -0.4 is 15.8 Å². The van der Waals surface area contributed by atoms with Crippen LogP contribution in [0.5, 0.6) is 5.75 Å². The minimum atomic E-state index is -4.50. The van der Waals surface area contributed by atoms with Crippen LogP contribution >= 0.6 is 0 Å². The lowest BCUT2D eigenvalue weighted by Crippen LogP contribution is -2.54. The molecule has 4 aromatic carbocycles. The zero-order chi connectivity index (χ0) is 39.0. The molecule has 8 nitrogen and oxygen atoms in total. The number of likely N-dealkylation sites (tertiary alicyclic amines) is 1. The van der Waals surface area contributed by atoms with Crippen LogP contribution in [-0.4, -0.2) is 77.6 Å². The molecule has 8 rings (SSSR count). The summed E-state index contributed by atoms with van der Waals surface area (Å²) >= 11 is 0. The Kier molecular flexibility index (Phi) is 10.2. The van der Waals surface area contributed by atoms with Crippen LogP contribution in [0.3, 0.4) is 0 Å². The number of benzene rings is 4. The molecule has 0 aliphatic carbocycles. The predicted molar refractivity (Wildman–Crippen MR) is 208 cm³/mol. The normalized spacial score (nSPS) is 18.1. The predicted octanol–water partition coefficient (Wildman–Crippen LogP) is 8.19. The third-order valence-corrected chi connectivity index (χ3v) is 11.1. The Labute approximate surface area is 322 Å². The molecule has 1 saturated heterocycles. The number of aromatic nitrogens is 2. The first-order chi connectivity index (χ1) is 27.1. The number of oxazole rings is 1. The molecule has 0 bridgehead atoms. The fourth-order valence-electron chi connectivity index (χ4n) is 8.73. The molecule has 0 amide bonds. The monoisotopic (exact) mass is 765 g/mol. The lowest BCUT2D eigenvalue weighted by molar-refractivity contribution is -0.155. The van der Waals surface area contributed by atoms with Crippen LogP contribution in [0.4, 0.5) is 23.2 Å². The fourth-order valence-corrected chi connectivity index (χ4v) is 8.73. The minimum Gasteiger partial charge on any atom is -0.495 e. The maximum atomic E-state index is 14.6. The van der Waals surface area contributed by atoms with Crippen molar-refractivity contribution < 1.29 is 26.7 Å². The number of pyridine rings is 1. The summed E-state index contributed by atoms with van der Waals surface area (Å²) in [6.07, 6.45) is -2.20. The Morgan fingerprint density at radius 3 is 2.05 bits per heavy atom. The number of hydrogen-bond acceptors (Lipinski definition) is 7. The Morgan fingerprint density at radius 1 is 0.893 bits per heavy atom. The van der Waals surface area contributed by atoms with E-state index in [1.165, 1.54) is 12.0 Å². The molecule has 0 saturated carbocycles. The van der Waals surface area contributed by atoms with E-state index in [-0.39, 0.29) is 19.1 Å². The molecule has 56 heavy (non-hydrogen) atoms. The molecular formula is C44H43F4N5O3. The van der Waals surface area contributed by atoms with Gasteiger partial charge < -0.3 is 14.5 Å². The van der Waals surface area contributed by atoms with Gasteiger partial charge in [-0.15, -0.1) is 0 Å². The van der Waals surface area contributed by atoms with Crippen LogP contribution in [0, 0.1) is 0 Å². The van der Waals surface area contributed by atoms with Gasteiger partial charge in [0, 0.05) is 37.3 Å². The summed E-state index contributed by atoms with van der Waals surface area (Å²) in [5.74, 6) is -0.270. The lowest BCUT2D eigenvalue weighted by Gasteiger charge is -2.42. The van der Waals surface area contributed by atoms with Crippen molar-refractivity contribution in [1.82, 2.24) is 19.4 Å². The average Bonchev–Trinajstić information content (AvgIpc) is 3.53. The number of halogens is 4. The van der Waals surface area contributed by atoms with Gasteiger partial charge in [0.25, 0.3) is 0 Å². The molecule has 0 unspecified atom stereocenters. The Morgan fingerprint density at radius 2 is 1.50 bits per heavy atom. The van der Waals surface area contributed by atoms with Gasteiger partial charge in [0.2, 0.25) is 0 Å². The Hall–Kier alpha value is -5.46. The molecule has 6 aromatic rings. The summed E-state index contributed by atoms with van der Waals surface area (Å²) in [5, 5.41) is 3.43. The van der Waals surface area contributed by atoms with Crippen molar-refractivity contribution in [3.05, 3.63) is 159 Å². The third-order valence-electron chi connectivity index (χ3n) is 11.1. The number of alkyl halides is 4. The highest BCUT2D eigenvalue weighted by Crippen LogP contribution is 2.47. The molecule has 0 radical (unpaired) electrons. The first-order valence-electron chi connectivity index (χ1n) is 18.9. The van der Waals surface area contributed by atoms with Gasteiger partial charge in [-0.25, -0.2) is 4.79 Å². The first kappa shape index (κ1) is 37.5. The van der Waals surface area contributed by atoms with Crippen LogP contribution in [0.25, 0.3) is 11.1 Å². The Balaban J connectivity index is 1.29. The van der Waals surface area contributed by atoms with Gasteiger partial charge in [0.1, 0.15) is 17.0 Å². The second-order valence-electron chi connectivity index (χ2n) is 14.7. The van der Waals surface area contributed by atoms with E-state index >= 15 is 0 Å². The number of fused-ring (bicyclic) bond motifs is 3. The highest BCUT2D eigenvalue weighted by atomic mass is 19.4. The number of methoxy groups -OCH3 is 1. The van der Waals surface area contributed by atoms with Crippen molar-refractivity contribution in [2.75, 3.05) is 45.3 Å². The second kappa shape index (κ2) is 15.2. The van der Waals surface area contributed by atoms with Crippen LogP contribution in [0.15, 0.2) is 125 Å². The van der Waals surface area contributed by atoms with Crippen molar-refractivity contribution in [3.63, 3.8) is 0 Å². The van der Waals surface area contributed by atoms with E-state index in [2.05, 4.69) is 10.2 Å². The van der Waals surface area contributed by atoms with Crippen molar-refractivity contribution in [2.45, 2.75) is 49.6 Å². The van der Waals surface area contributed by atoms with Crippen molar-refractivity contribution in [1.29, 1.82) is 0 Å². The van der Waals surface area contributed by atoms with Crippen molar-refractivity contribution >= 4 is 16.8 Å². The molecule has 0 spiro atoms. The standard InChI is InChI=1S/C44H43F4N5O3/c1-29-23-36-35(40(52(29)28-43(46,47)48)39-38(55-2)24-33(25-49-39)50-34-26-51(27-34)22-12-21-45)19-20-37-41(36)56-42(54)53(37)44(30-13-6-3-7-14-30,31-15-8-4-9-16-31)32-17-10-5-11-18-32/h3-11,13-20,24-25,29,34,40,50H,12,21-23,26-28H2,1-2H3/t29-,40+/m1/s1. The van der Waals surface area contributed by atoms with Gasteiger partial charge in [0.05, 0.1) is 49.8 Å². The van der Waals surface area contributed by atoms with Crippen molar-refractivity contribution in [3.8, 4) is 5.75 Å². The zero-order valence-corrected chi connectivity index (χ0v) is 31.2. The lowest BCUT2D eigenvalue weighted by atomic mass is 9.76. The molecule has 12 heteroatoms. The van der Waals surface area contributed by atoms with Gasteiger partial charge in [-0.3, -0.25) is 23.7 Å². The minimum absolute atomic E-state index is 0.124. The van der Waals surface area contributed by atoms with E-state index in [0.29, 0.717) is 52.3 Å². The Bertz CT molecular complexity index is 2250. The third kappa shape index (κ3) is 6.74. The zero-order valence-electron chi connectivity index (χ0n) is 31.2. The summed E-state index contributed by atoms with van der Waals surface area (Å²) in [6, 6.07) is 33.2. The van der Waals surface area contributed by atoms with Gasteiger partial charge in [-0.2, -0.15) is 13.2 Å². The van der Waals surface area contributed by atoms with E-state index in [1.54, 1.807) is 29.8 Å². The summed E-state index contributed by atoms with van der Waals surface area (Å²) in [7, 11) is 1.48. The van der Waals surface area contributed by atoms with Gasteiger partial charge in [0.15, 0.2) is 5.58 Å². The second-order valence-corrected chi connectivity index (χ2v) is 14.7. The molecule has 4 heterocycles. The number of anilines is 1.